The Morgan fingerprint density at radius 3 is 2.78 bits per heavy atom. The van der Waals surface area contributed by atoms with Gasteiger partial charge in [0, 0.05) is 17.1 Å². The summed E-state index contributed by atoms with van der Waals surface area (Å²) in [5, 5.41) is 3.12. The van der Waals surface area contributed by atoms with Gasteiger partial charge in [-0.3, -0.25) is 0 Å². The summed E-state index contributed by atoms with van der Waals surface area (Å²) in [6.45, 7) is 2.60. The molecule has 0 amide bonds. The Bertz CT molecular complexity index is 515. The summed E-state index contributed by atoms with van der Waals surface area (Å²) in [6.07, 6.45) is 1.59. The Balaban J connectivity index is 1.97. The number of sulfone groups is 1. The van der Waals surface area contributed by atoms with E-state index in [-0.39, 0.29) is 11.3 Å². The Morgan fingerprint density at radius 2 is 2.17 bits per heavy atom. The van der Waals surface area contributed by atoms with Crippen molar-refractivity contribution in [3.05, 3.63) is 34.3 Å². The molecule has 2 rings (SSSR count). The molecule has 0 aromatic heterocycles. The average Bonchev–Trinajstić information content (AvgIpc) is 2.66. The molecular formula is C13H18BrNO2S. The van der Waals surface area contributed by atoms with E-state index in [2.05, 4.69) is 28.2 Å². The Kier molecular flexibility index (Phi) is 4.45. The maximum Gasteiger partial charge on any atom is 0.154 e. The highest BCUT2D eigenvalue weighted by Gasteiger charge is 2.31. The van der Waals surface area contributed by atoms with Gasteiger partial charge < -0.3 is 5.32 Å². The van der Waals surface area contributed by atoms with E-state index in [1.807, 2.05) is 24.3 Å². The number of nitrogens with one attached hydrogen (secondary N) is 1. The first-order valence-electron chi connectivity index (χ1n) is 6.20. The van der Waals surface area contributed by atoms with Crippen LogP contribution in [0.2, 0.25) is 0 Å². The van der Waals surface area contributed by atoms with Crippen molar-refractivity contribution < 1.29 is 8.42 Å². The molecule has 2 atom stereocenters. The molecule has 0 spiro atoms. The van der Waals surface area contributed by atoms with Gasteiger partial charge >= 0.3 is 0 Å². The van der Waals surface area contributed by atoms with Gasteiger partial charge in [0.05, 0.1) is 11.0 Å². The molecule has 5 heteroatoms. The first kappa shape index (κ1) is 14.0. The van der Waals surface area contributed by atoms with E-state index < -0.39 is 9.84 Å². The summed E-state index contributed by atoms with van der Waals surface area (Å²) >= 11 is 3.51. The number of hydrogen-bond donors (Lipinski definition) is 1. The van der Waals surface area contributed by atoms with Crippen LogP contribution < -0.4 is 5.32 Å². The standard InChI is InChI=1S/C13H18BrNO2S/c1-10(12-6-2-3-7-13(12)14)15-9-11-5-4-8-18(11,16)17/h2-3,6-7,10-11,15H,4-5,8-9H2,1H3. The third kappa shape index (κ3) is 3.13. The molecule has 0 aliphatic carbocycles. The number of benzene rings is 1. The average molecular weight is 332 g/mol. The molecule has 3 nitrogen and oxygen atoms in total. The van der Waals surface area contributed by atoms with Crippen molar-refractivity contribution in [1.29, 1.82) is 0 Å². The van der Waals surface area contributed by atoms with Crippen molar-refractivity contribution in [1.82, 2.24) is 5.32 Å². The Morgan fingerprint density at radius 1 is 1.44 bits per heavy atom. The topological polar surface area (TPSA) is 46.2 Å². The van der Waals surface area contributed by atoms with Crippen molar-refractivity contribution in [3.8, 4) is 0 Å². The largest absolute Gasteiger partial charge is 0.309 e. The van der Waals surface area contributed by atoms with Gasteiger partial charge in [-0.2, -0.15) is 0 Å². The van der Waals surface area contributed by atoms with Crippen LogP contribution in [-0.2, 0) is 9.84 Å². The molecule has 2 unspecified atom stereocenters. The summed E-state index contributed by atoms with van der Waals surface area (Å²) in [5.74, 6) is 0.350. The lowest BCUT2D eigenvalue weighted by molar-refractivity contribution is 0.537. The maximum atomic E-state index is 11.7. The predicted octanol–water partition coefficient (Wildman–Crippen LogP) is 2.68. The summed E-state index contributed by atoms with van der Waals surface area (Å²) < 4.78 is 24.5. The highest BCUT2D eigenvalue weighted by molar-refractivity contribution is 9.10. The number of hydrogen-bond acceptors (Lipinski definition) is 3. The second-order valence-corrected chi connectivity index (χ2v) is 8.04. The molecule has 1 aliphatic heterocycles. The van der Waals surface area contributed by atoms with Gasteiger partial charge in [-0.05, 0) is 31.4 Å². The zero-order chi connectivity index (χ0) is 13.2. The second kappa shape index (κ2) is 5.72. The fraction of sp³-hybridized carbons (Fsp3) is 0.538. The number of halogens is 1. The molecule has 1 aromatic carbocycles. The van der Waals surface area contributed by atoms with E-state index in [1.165, 1.54) is 0 Å². The highest BCUT2D eigenvalue weighted by atomic mass is 79.9. The molecule has 100 valence electrons. The number of rotatable bonds is 4. The van der Waals surface area contributed by atoms with E-state index in [4.69, 9.17) is 0 Å². The minimum Gasteiger partial charge on any atom is -0.309 e. The van der Waals surface area contributed by atoms with Crippen LogP contribution in [-0.4, -0.2) is 26.0 Å². The molecular weight excluding hydrogens is 314 g/mol. The van der Waals surface area contributed by atoms with E-state index in [1.54, 1.807) is 0 Å². The van der Waals surface area contributed by atoms with Gasteiger partial charge in [0.1, 0.15) is 0 Å². The quantitative estimate of drug-likeness (QED) is 0.922. The smallest absolute Gasteiger partial charge is 0.154 e. The Hall–Kier alpha value is -0.390. The second-order valence-electron chi connectivity index (χ2n) is 4.78. The van der Waals surface area contributed by atoms with Crippen LogP contribution in [0, 0.1) is 0 Å². The fourth-order valence-corrected chi connectivity index (χ4v) is 4.74. The van der Waals surface area contributed by atoms with E-state index in [9.17, 15) is 8.42 Å². The first-order valence-corrected chi connectivity index (χ1v) is 8.71. The molecule has 1 saturated heterocycles. The van der Waals surface area contributed by atoms with Gasteiger partial charge in [0.15, 0.2) is 9.84 Å². The molecule has 1 fully saturated rings. The van der Waals surface area contributed by atoms with Crippen molar-refractivity contribution in [3.63, 3.8) is 0 Å². The minimum atomic E-state index is -2.85. The van der Waals surface area contributed by atoms with Gasteiger partial charge in [0.25, 0.3) is 0 Å². The van der Waals surface area contributed by atoms with Crippen LogP contribution in [0.25, 0.3) is 0 Å². The molecule has 18 heavy (non-hydrogen) atoms. The normalized spacial score (nSPS) is 24.0. The maximum absolute atomic E-state index is 11.7. The van der Waals surface area contributed by atoms with Gasteiger partial charge in [-0.15, -0.1) is 0 Å². The van der Waals surface area contributed by atoms with Crippen molar-refractivity contribution in [2.24, 2.45) is 0 Å². The van der Waals surface area contributed by atoms with Gasteiger partial charge in [-0.25, -0.2) is 8.42 Å². The van der Waals surface area contributed by atoms with Crippen LogP contribution in [0.1, 0.15) is 31.4 Å². The molecule has 1 aliphatic rings. The molecule has 0 radical (unpaired) electrons. The van der Waals surface area contributed by atoms with Crippen molar-refractivity contribution >= 4 is 25.8 Å². The van der Waals surface area contributed by atoms with Crippen LogP contribution in [0.15, 0.2) is 28.7 Å². The predicted molar refractivity (Wildman–Crippen MR) is 77.4 cm³/mol. The monoisotopic (exact) mass is 331 g/mol. The lowest BCUT2D eigenvalue weighted by Gasteiger charge is -2.18. The zero-order valence-electron chi connectivity index (χ0n) is 10.4. The van der Waals surface area contributed by atoms with E-state index in [0.717, 1.165) is 22.9 Å². The first-order chi connectivity index (χ1) is 8.50. The van der Waals surface area contributed by atoms with Crippen molar-refractivity contribution in [2.75, 3.05) is 12.3 Å². The summed E-state index contributed by atoms with van der Waals surface area (Å²) in [4.78, 5) is 0. The molecule has 1 N–H and O–H groups in total. The summed E-state index contributed by atoms with van der Waals surface area (Å²) in [6, 6.07) is 8.16. The summed E-state index contributed by atoms with van der Waals surface area (Å²) in [7, 11) is -2.85. The minimum absolute atomic E-state index is 0.149. The molecule has 0 bridgehead atoms. The summed E-state index contributed by atoms with van der Waals surface area (Å²) in [5.41, 5.74) is 1.16. The lowest BCUT2D eigenvalue weighted by Crippen LogP contribution is -2.32. The van der Waals surface area contributed by atoms with Crippen LogP contribution >= 0.6 is 15.9 Å². The third-order valence-electron chi connectivity index (χ3n) is 3.49. The highest BCUT2D eigenvalue weighted by Crippen LogP contribution is 2.24. The van der Waals surface area contributed by atoms with E-state index >= 15 is 0 Å². The van der Waals surface area contributed by atoms with Crippen LogP contribution in [0.5, 0.6) is 0 Å². The van der Waals surface area contributed by atoms with Gasteiger partial charge in [0.2, 0.25) is 0 Å². The van der Waals surface area contributed by atoms with Crippen LogP contribution in [0.3, 0.4) is 0 Å². The molecule has 0 saturated carbocycles. The zero-order valence-corrected chi connectivity index (χ0v) is 12.8. The Labute approximate surface area is 117 Å². The van der Waals surface area contributed by atoms with Crippen LogP contribution in [0.4, 0.5) is 0 Å². The third-order valence-corrected chi connectivity index (χ3v) is 6.48. The van der Waals surface area contributed by atoms with Gasteiger partial charge in [-0.1, -0.05) is 34.1 Å². The van der Waals surface area contributed by atoms with E-state index in [0.29, 0.717) is 12.3 Å². The fourth-order valence-electron chi connectivity index (χ4n) is 2.33. The molecule has 1 heterocycles. The van der Waals surface area contributed by atoms with Crippen molar-refractivity contribution in [2.45, 2.75) is 31.1 Å². The molecule has 1 aromatic rings. The SMILES string of the molecule is CC(NCC1CCCS1(=O)=O)c1ccccc1Br. The lowest BCUT2D eigenvalue weighted by atomic mass is 10.1.